The van der Waals surface area contributed by atoms with E-state index in [0.717, 1.165) is 63.5 Å². The Bertz CT molecular complexity index is 1490. The minimum Gasteiger partial charge on any atom is -0.469 e. The molecule has 3 aromatic heterocycles. The number of methoxy groups -OCH3 is 1. The van der Waals surface area contributed by atoms with Crippen LogP contribution in [0.15, 0.2) is 48.5 Å². The molecule has 0 unspecified atom stereocenters. The first-order valence-electron chi connectivity index (χ1n) is 11.7. The number of esters is 1. The van der Waals surface area contributed by atoms with Gasteiger partial charge in [0.15, 0.2) is 0 Å². The van der Waals surface area contributed by atoms with Gasteiger partial charge in [-0.15, -0.1) is 0 Å². The SMILES string of the molecule is CCn1c2ccc1cc1nc(cc3ccc(cc4nc(c2)C=C4)n3CC)C(CCC(=O)OC)=C1. The Morgan fingerprint density at radius 1 is 0.794 bits per heavy atom. The highest BCUT2D eigenvalue weighted by Gasteiger charge is 2.14. The van der Waals surface area contributed by atoms with Gasteiger partial charge in [0.05, 0.1) is 29.9 Å². The number of ether oxygens (including phenoxy) is 1. The van der Waals surface area contributed by atoms with Gasteiger partial charge in [0.25, 0.3) is 0 Å². The van der Waals surface area contributed by atoms with Crippen LogP contribution in [0.1, 0.15) is 49.5 Å². The van der Waals surface area contributed by atoms with Crippen molar-refractivity contribution in [3.63, 3.8) is 0 Å². The number of rotatable bonds is 5. The standard InChI is InChI=1S/C28H28N4O2/c1-4-31-23-9-10-25(31)17-22-14-19(6-13-28(33)34-3)27(30-22)18-26-12-11-24(32(26)5-2)16-21-8-7-20(15-23)29-21/h7-12,14-18H,4-6,13H2,1-3H3. The summed E-state index contributed by atoms with van der Waals surface area (Å²) in [5, 5.41) is 0. The van der Waals surface area contributed by atoms with Crippen molar-refractivity contribution in [1.29, 1.82) is 0 Å². The number of hydrogen-bond donors (Lipinski definition) is 0. The van der Waals surface area contributed by atoms with Crippen LogP contribution in [-0.4, -0.2) is 32.2 Å². The summed E-state index contributed by atoms with van der Waals surface area (Å²) in [5.74, 6) is -0.216. The first-order valence-corrected chi connectivity index (χ1v) is 11.7. The van der Waals surface area contributed by atoms with Gasteiger partial charge in [-0.1, -0.05) is 0 Å². The van der Waals surface area contributed by atoms with Gasteiger partial charge in [-0.25, -0.2) is 9.97 Å². The van der Waals surface area contributed by atoms with Gasteiger partial charge in [0.1, 0.15) is 0 Å². The van der Waals surface area contributed by atoms with E-state index >= 15 is 0 Å². The highest BCUT2D eigenvalue weighted by atomic mass is 16.5. The Kier molecular flexibility index (Phi) is 5.88. The molecule has 3 aromatic rings. The van der Waals surface area contributed by atoms with Crippen molar-refractivity contribution >= 4 is 51.8 Å². The van der Waals surface area contributed by atoms with Gasteiger partial charge in [0.2, 0.25) is 0 Å². The van der Waals surface area contributed by atoms with Crippen molar-refractivity contribution in [2.24, 2.45) is 0 Å². The van der Waals surface area contributed by atoms with Crippen LogP contribution < -0.4 is 0 Å². The van der Waals surface area contributed by atoms with Crippen molar-refractivity contribution in [2.45, 2.75) is 39.8 Å². The van der Waals surface area contributed by atoms with Gasteiger partial charge < -0.3 is 13.9 Å². The molecular weight excluding hydrogens is 424 g/mol. The Balaban J connectivity index is 1.80. The Morgan fingerprint density at radius 2 is 1.32 bits per heavy atom. The Labute approximate surface area is 198 Å². The van der Waals surface area contributed by atoms with E-state index < -0.39 is 0 Å². The second-order valence-electron chi connectivity index (χ2n) is 8.39. The maximum Gasteiger partial charge on any atom is 0.305 e. The van der Waals surface area contributed by atoms with Crippen molar-refractivity contribution in [1.82, 2.24) is 19.1 Å². The average molecular weight is 453 g/mol. The molecule has 172 valence electrons. The zero-order valence-corrected chi connectivity index (χ0v) is 19.8. The van der Waals surface area contributed by atoms with Crippen molar-refractivity contribution in [2.75, 3.05) is 7.11 Å². The number of hydrogen-bond acceptors (Lipinski definition) is 4. The van der Waals surface area contributed by atoms with E-state index in [0.29, 0.717) is 12.8 Å². The molecule has 6 heteroatoms. The molecule has 5 rings (SSSR count). The number of fused-ring (bicyclic) bond motifs is 8. The summed E-state index contributed by atoms with van der Waals surface area (Å²) in [6.45, 7) is 5.94. The maximum absolute atomic E-state index is 11.8. The quantitative estimate of drug-likeness (QED) is 0.350. The molecule has 0 N–H and O–H groups in total. The summed E-state index contributed by atoms with van der Waals surface area (Å²) < 4.78 is 9.37. The molecule has 8 bridgehead atoms. The highest BCUT2D eigenvalue weighted by molar-refractivity contribution is 5.86. The van der Waals surface area contributed by atoms with E-state index in [2.05, 4.69) is 89.7 Å². The summed E-state index contributed by atoms with van der Waals surface area (Å²) in [5.41, 5.74) is 9.05. The van der Waals surface area contributed by atoms with Crippen LogP contribution in [-0.2, 0) is 22.6 Å². The van der Waals surface area contributed by atoms with Crippen molar-refractivity contribution in [3.8, 4) is 0 Å². The van der Waals surface area contributed by atoms with Gasteiger partial charge in [-0.3, -0.25) is 4.79 Å². The van der Waals surface area contributed by atoms with Crippen LogP contribution >= 0.6 is 0 Å². The zero-order valence-electron chi connectivity index (χ0n) is 19.8. The molecule has 0 fully saturated rings. The molecule has 2 aliphatic rings. The van der Waals surface area contributed by atoms with E-state index in [1.165, 1.54) is 7.11 Å². The lowest BCUT2D eigenvalue weighted by atomic mass is 10.1. The van der Waals surface area contributed by atoms with Crippen LogP contribution in [0.25, 0.3) is 45.9 Å². The molecule has 0 saturated carbocycles. The number of aryl methyl sites for hydroxylation is 2. The fourth-order valence-electron chi connectivity index (χ4n) is 4.62. The van der Waals surface area contributed by atoms with Crippen LogP contribution in [0.2, 0.25) is 0 Å². The maximum atomic E-state index is 11.8. The molecule has 6 nitrogen and oxygen atoms in total. The molecule has 0 saturated heterocycles. The molecule has 0 radical (unpaired) electrons. The summed E-state index contributed by atoms with van der Waals surface area (Å²) >= 11 is 0. The molecule has 0 aliphatic carbocycles. The fourth-order valence-corrected chi connectivity index (χ4v) is 4.62. The molecular formula is C28H28N4O2. The monoisotopic (exact) mass is 452 g/mol. The van der Waals surface area contributed by atoms with E-state index in [-0.39, 0.29) is 5.97 Å². The second-order valence-corrected chi connectivity index (χ2v) is 8.39. The summed E-state index contributed by atoms with van der Waals surface area (Å²) in [7, 11) is 1.43. The lowest BCUT2D eigenvalue weighted by molar-refractivity contribution is -0.140. The van der Waals surface area contributed by atoms with Gasteiger partial charge >= 0.3 is 5.97 Å². The third kappa shape index (κ3) is 4.19. The number of allylic oxidation sites excluding steroid dienone is 1. The highest BCUT2D eigenvalue weighted by Crippen LogP contribution is 2.28. The predicted octanol–water partition coefficient (Wildman–Crippen LogP) is 5.97. The minimum absolute atomic E-state index is 0.216. The third-order valence-corrected chi connectivity index (χ3v) is 6.31. The van der Waals surface area contributed by atoms with Gasteiger partial charge in [0, 0.05) is 41.6 Å². The van der Waals surface area contributed by atoms with Gasteiger partial charge in [-0.05, 0) is 92.6 Å². The molecule has 0 amide bonds. The van der Waals surface area contributed by atoms with Crippen molar-refractivity contribution < 1.29 is 9.53 Å². The number of carbonyl (C=O) groups is 1. The van der Waals surface area contributed by atoms with E-state index in [1.54, 1.807) is 0 Å². The predicted molar refractivity (Wildman–Crippen MR) is 138 cm³/mol. The smallest absolute Gasteiger partial charge is 0.305 e. The first kappa shape index (κ1) is 21.9. The lowest BCUT2D eigenvalue weighted by Crippen LogP contribution is -2.00. The topological polar surface area (TPSA) is 61.9 Å². The van der Waals surface area contributed by atoms with E-state index in [1.807, 2.05) is 0 Å². The first-order chi connectivity index (χ1) is 16.6. The Morgan fingerprint density at radius 3 is 1.85 bits per heavy atom. The number of carbonyl (C=O) groups excluding carboxylic acids is 1. The molecule has 5 heterocycles. The summed E-state index contributed by atoms with van der Waals surface area (Å²) in [6, 6.07) is 16.9. The largest absolute Gasteiger partial charge is 0.469 e. The lowest BCUT2D eigenvalue weighted by Gasteiger charge is -2.03. The zero-order chi connectivity index (χ0) is 23.7. The molecule has 34 heavy (non-hydrogen) atoms. The third-order valence-electron chi connectivity index (χ3n) is 6.31. The summed E-state index contributed by atoms with van der Waals surface area (Å²) in [6.07, 6.45) is 7.11. The van der Waals surface area contributed by atoms with Crippen molar-refractivity contribution in [3.05, 3.63) is 71.3 Å². The normalized spacial score (nSPS) is 12.6. The summed E-state index contributed by atoms with van der Waals surface area (Å²) in [4.78, 5) is 21.6. The Hall–Kier alpha value is -3.93. The van der Waals surface area contributed by atoms with E-state index in [9.17, 15) is 4.79 Å². The molecule has 0 spiro atoms. The fraction of sp³-hybridized carbons (Fsp3) is 0.250. The number of aromatic nitrogens is 4. The average Bonchev–Trinajstić information content (AvgIpc) is 3.61. The van der Waals surface area contributed by atoms with Crippen LogP contribution in [0.5, 0.6) is 0 Å². The second kappa shape index (κ2) is 9.14. The molecule has 0 atom stereocenters. The number of nitrogens with zero attached hydrogens (tertiary/aromatic N) is 4. The van der Waals surface area contributed by atoms with Crippen LogP contribution in [0, 0.1) is 0 Å². The minimum atomic E-state index is -0.216. The van der Waals surface area contributed by atoms with E-state index in [4.69, 9.17) is 14.7 Å². The molecule has 2 aliphatic heterocycles. The molecule has 0 aromatic carbocycles. The van der Waals surface area contributed by atoms with Crippen LogP contribution in [0.3, 0.4) is 0 Å². The van der Waals surface area contributed by atoms with Gasteiger partial charge in [-0.2, -0.15) is 0 Å². The van der Waals surface area contributed by atoms with Crippen LogP contribution in [0.4, 0.5) is 0 Å².